The predicted octanol–water partition coefficient (Wildman–Crippen LogP) is -2.59. The average Bonchev–Trinajstić information content (AvgIpc) is 2.92. The number of hydrogen-bond acceptors (Lipinski definition) is 7. The summed E-state index contributed by atoms with van der Waals surface area (Å²) in [5, 5.41) is 20.6. The zero-order chi connectivity index (χ0) is 18.7. The Balaban J connectivity index is 2.14. The van der Waals surface area contributed by atoms with Gasteiger partial charge in [0.15, 0.2) is 0 Å². The fourth-order valence-electron chi connectivity index (χ4n) is 2.59. The first-order valence-electron chi connectivity index (χ1n) is 7.59. The standard InChI is InChI=1S/C14H20N4O7/c1-6-4-18(14(24)17-12(6)22)10-3-8(9(5-19)25-10)16-13(23)7(15)2-11(20)21/h4,7-10,19H,2-3,5,15H2,1H3,(H,16,23)(H,20,21)(H,17,22,24)/t7?,8-,9+,10+/m0/s1. The Bertz CT molecular complexity index is 771. The van der Waals surface area contributed by atoms with Crippen LogP contribution in [0.15, 0.2) is 15.8 Å². The molecule has 0 radical (unpaired) electrons. The molecule has 1 fully saturated rings. The average molecular weight is 356 g/mol. The molecule has 11 heteroatoms. The van der Waals surface area contributed by atoms with E-state index in [1.54, 1.807) is 0 Å². The number of aliphatic carboxylic acids is 1. The normalized spacial score (nSPS) is 24.0. The third-order valence-corrected chi connectivity index (χ3v) is 3.93. The van der Waals surface area contributed by atoms with Crippen LogP contribution in [0.2, 0.25) is 0 Å². The maximum Gasteiger partial charge on any atom is 0.330 e. The molecule has 4 atom stereocenters. The van der Waals surface area contributed by atoms with E-state index in [9.17, 15) is 24.3 Å². The molecular formula is C14H20N4O7. The third kappa shape index (κ3) is 4.32. The number of aromatic nitrogens is 2. The van der Waals surface area contributed by atoms with Crippen molar-refractivity contribution >= 4 is 11.9 Å². The number of carbonyl (C=O) groups is 2. The van der Waals surface area contributed by atoms with Crippen molar-refractivity contribution in [1.82, 2.24) is 14.9 Å². The highest BCUT2D eigenvalue weighted by Gasteiger charge is 2.38. The fourth-order valence-corrected chi connectivity index (χ4v) is 2.59. The molecule has 1 amide bonds. The number of carboxylic acids is 1. The molecule has 1 aliphatic heterocycles. The van der Waals surface area contributed by atoms with E-state index >= 15 is 0 Å². The van der Waals surface area contributed by atoms with Crippen LogP contribution >= 0.6 is 0 Å². The minimum atomic E-state index is -1.24. The van der Waals surface area contributed by atoms with Gasteiger partial charge in [0.25, 0.3) is 5.56 Å². The van der Waals surface area contributed by atoms with Crippen molar-refractivity contribution in [3.05, 3.63) is 32.6 Å². The van der Waals surface area contributed by atoms with Gasteiger partial charge in [0, 0.05) is 18.2 Å². The van der Waals surface area contributed by atoms with Gasteiger partial charge in [-0.2, -0.15) is 0 Å². The lowest BCUT2D eigenvalue weighted by Gasteiger charge is -2.19. The number of carboxylic acid groups (broad SMARTS) is 1. The molecule has 1 aliphatic rings. The molecule has 1 aromatic heterocycles. The quantitative estimate of drug-likeness (QED) is 0.369. The minimum absolute atomic E-state index is 0.141. The third-order valence-electron chi connectivity index (χ3n) is 3.93. The summed E-state index contributed by atoms with van der Waals surface area (Å²) in [5.41, 5.74) is 4.62. The van der Waals surface area contributed by atoms with Crippen LogP contribution < -0.4 is 22.3 Å². The van der Waals surface area contributed by atoms with Crippen LogP contribution in [0.3, 0.4) is 0 Å². The number of H-pyrrole nitrogens is 1. The molecule has 138 valence electrons. The lowest BCUT2D eigenvalue weighted by atomic mass is 10.1. The lowest BCUT2D eigenvalue weighted by molar-refractivity contribution is -0.139. The van der Waals surface area contributed by atoms with Crippen LogP contribution in [0.25, 0.3) is 0 Å². The summed E-state index contributed by atoms with van der Waals surface area (Å²) >= 11 is 0. The number of ether oxygens (including phenoxy) is 1. The van der Waals surface area contributed by atoms with Crippen LogP contribution in [-0.2, 0) is 14.3 Å². The van der Waals surface area contributed by atoms with E-state index in [0.717, 1.165) is 0 Å². The van der Waals surface area contributed by atoms with Gasteiger partial charge in [0.05, 0.1) is 25.1 Å². The summed E-state index contributed by atoms with van der Waals surface area (Å²) in [7, 11) is 0. The molecule has 0 aliphatic carbocycles. The molecule has 0 spiro atoms. The predicted molar refractivity (Wildman–Crippen MR) is 83.8 cm³/mol. The van der Waals surface area contributed by atoms with Crippen LogP contribution in [0.1, 0.15) is 24.6 Å². The lowest BCUT2D eigenvalue weighted by Crippen LogP contribution is -2.49. The van der Waals surface area contributed by atoms with Crippen LogP contribution in [-0.4, -0.2) is 56.4 Å². The number of aryl methyl sites for hydroxylation is 1. The summed E-state index contributed by atoms with van der Waals surface area (Å²) in [4.78, 5) is 48.1. The van der Waals surface area contributed by atoms with Gasteiger partial charge in [-0.1, -0.05) is 0 Å². The molecule has 0 aromatic carbocycles. The highest BCUT2D eigenvalue weighted by atomic mass is 16.5. The van der Waals surface area contributed by atoms with Crippen molar-refractivity contribution in [2.24, 2.45) is 5.73 Å². The second kappa shape index (κ2) is 7.59. The summed E-state index contributed by atoms with van der Waals surface area (Å²) in [5.74, 6) is -1.91. The highest BCUT2D eigenvalue weighted by molar-refractivity contribution is 5.86. The molecule has 6 N–H and O–H groups in total. The Morgan fingerprint density at radius 1 is 1.52 bits per heavy atom. The van der Waals surface area contributed by atoms with E-state index in [0.29, 0.717) is 5.56 Å². The number of aliphatic hydroxyl groups excluding tert-OH is 1. The van der Waals surface area contributed by atoms with E-state index in [4.69, 9.17) is 15.6 Å². The second-order valence-corrected chi connectivity index (χ2v) is 5.85. The highest BCUT2D eigenvalue weighted by Crippen LogP contribution is 2.27. The van der Waals surface area contributed by atoms with E-state index in [1.807, 2.05) is 0 Å². The Labute approximate surface area is 141 Å². The summed E-state index contributed by atoms with van der Waals surface area (Å²) in [6, 6.07) is -1.91. The van der Waals surface area contributed by atoms with Gasteiger partial charge >= 0.3 is 11.7 Å². The Morgan fingerprint density at radius 2 is 2.20 bits per heavy atom. The number of amides is 1. The maximum atomic E-state index is 12.0. The molecule has 1 aromatic rings. The molecule has 1 unspecified atom stereocenters. The maximum absolute atomic E-state index is 12.0. The van der Waals surface area contributed by atoms with Crippen molar-refractivity contribution in [3.63, 3.8) is 0 Å². The Morgan fingerprint density at radius 3 is 2.80 bits per heavy atom. The Kier molecular flexibility index (Phi) is 5.72. The largest absolute Gasteiger partial charge is 0.481 e. The summed E-state index contributed by atoms with van der Waals surface area (Å²) in [6.07, 6.45) is -0.667. The van der Waals surface area contributed by atoms with Crippen LogP contribution in [0.4, 0.5) is 0 Å². The molecule has 2 heterocycles. The number of nitrogens with zero attached hydrogens (tertiary/aromatic N) is 1. The van der Waals surface area contributed by atoms with Gasteiger partial charge in [-0.15, -0.1) is 0 Å². The number of carbonyl (C=O) groups excluding carboxylic acids is 1. The molecule has 25 heavy (non-hydrogen) atoms. The second-order valence-electron chi connectivity index (χ2n) is 5.85. The molecule has 0 bridgehead atoms. The topological polar surface area (TPSA) is 177 Å². The molecule has 2 rings (SSSR count). The molecule has 11 nitrogen and oxygen atoms in total. The summed E-state index contributed by atoms with van der Waals surface area (Å²) < 4.78 is 6.74. The van der Waals surface area contributed by atoms with Crippen LogP contribution in [0, 0.1) is 6.92 Å². The van der Waals surface area contributed by atoms with Crippen LogP contribution in [0.5, 0.6) is 0 Å². The van der Waals surface area contributed by atoms with E-state index in [1.165, 1.54) is 17.7 Å². The van der Waals surface area contributed by atoms with Gasteiger partial charge in [-0.3, -0.25) is 23.9 Å². The van der Waals surface area contributed by atoms with Gasteiger partial charge in [-0.05, 0) is 6.92 Å². The van der Waals surface area contributed by atoms with Crippen molar-refractivity contribution < 1.29 is 24.5 Å². The smallest absolute Gasteiger partial charge is 0.330 e. The van der Waals surface area contributed by atoms with E-state index < -0.39 is 60.6 Å². The van der Waals surface area contributed by atoms with Crippen molar-refractivity contribution in [1.29, 1.82) is 0 Å². The summed E-state index contributed by atoms with van der Waals surface area (Å²) in [6.45, 7) is 1.10. The Hall–Kier alpha value is -2.50. The van der Waals surface area contributed by atoms with Crippen molar-refractivity contribution in [3.8, 4) is 0 Å². The number of hydrogen-bond donors (Lipinski definition) is 5. The molecule has 1 saturated heterocycles. The molecule has 0 saturated carbocycles. The van der Waals surface area contributed by atoms with E-state index in [2.05, 4.69) is 10.3 Å². The number of aliphatic hydroxyl groups is 1. The number of aromatic amines is 1. The first kappa shape index (κ1) is 18.8. The van der Waals surface area contributed by atoms with Crippen molar-refractivity contribution in [2.45, 2.75) is 44.2 Å². The minimum Gasteiger partial charge on any atom is -0.481 e. The number of rotatable bonds is 6. The zero-order valence-electron chi connectivity index (χ0n) is 13.5. The number of nitrogens with two attached hydrogens (primary N) is 1. The van der Waals surface area contributed by atoms with Gasteiger partial charge in [0.1, 0.15) is 12.3 Å². The first-order valence-corrected chi connectivity index (χ1v) is 7.59. The first-order chi connectivity index (χ1) is 11.7. The number of nitrogens with one attached hydrogen (secondary N) is 2. The van der Waals surface area contributed by atoms with Gasteiger partial charge < -0.3 is 26.0 Å². The van der Waals surface area contributed by atoms with Gasteiger partial charge in [0.2, 0.25) is 5.91 Å². The van der Waals surface area contributed by atoms with Gasteiger partial charge in [-0.25, -0.2) is 4.79 Å². The molecular weight excluding hydrogens is 336 g/mol. The monoisotopic (exact) mass is 356 g/mol. The van der Waals surface area contributed by atoms with Crippen molar-refractivity contribution in [2.75, 3.05) is 6.61 Å². The SMILES string of the molecule is Cc1cn([C@H]2C[C@H](NC(=O)C(N)CC(=O)O)[C@@H](CO)O2)c(=O)[nH]c1=O. The zero-order valence-corrected chi connectivity index (χ0v) is 13.5. The fraction of sp³-hybridized carbons (Fsp3) is 0.571. The van der Waals surface area contributed by atoms with E-state index in [-0.39, 0.29) is 6.42 Å².